The highest BCUT2D eigenvalue weighted by atomic mass is 16.5. The van der Waals surface area contributed by atoms with Gasteiger partial charge in [-0.15, -0.1) is 0 Å². The number of carboxylic acid groups (broad SMARTS) is 1. The number of carbonyl (C=O) groups is 1. The Morgan fingerprint density at radius 3 is 2.50 bits per heavy atom. The monoisotopic (exact) mass is 276 g/mol. The molecule has 106 valence electrons. The molecule has 2 N–H and O–H groups in total. The number of ether oxygens (including phenoxy) is 1. The fourth-order valence-electron chi connectivity index (χ4n) is 2.12. The van der Waals surface area contributed by atoms with Crippen LogP contribution >= 0.6 is 0 Å². The Hall–Kier alpha value is -2.27. The van der Waals surface area contributed by atoms with Gasteiger partial charge in [0.1, 0.15) is 22.7 Å². The summed E-state index contributed by atoms with van der Waals surface area (Å²) >= 11 is 0. The molecule has 0 saturated carbocycles. The minimum atomic E-state index is -1.40. The average molecular weight is 276 g/mol. The molecule has 0 aliphatic heterocycles. The molecular formula is C15H16O5. The third-order valence-corrected chi connectivity index (χ3v) is 3.09. The Morgan fingerprint density at radius 2 is 1.95 bits per heavy atom. The van der Waals surface area contributed by atoms with Gasteiger partial charge < -0.3 is 19.4 Å². The molecule has 0 aliphatic rings. The summed E-state index contributed by atoms with van der Waals surface area (Å²) in [5, 5.41) is 19.6. The maximum absolute atomic E-state index is 11.1. The van der Waals surface area contributed by atoms with Crippen LogP contribution in [0.4, 0.5) is 0 Å². The van der Waals surface area contributed by atoms with Crippen molar-refractivity contribution < 1.29 is 24.2 Å². The van der Waals surface area contributed by atoms with Crippen LogP contribution in [0.5, 0.6) is 5.75 Å². The Bertz CT molecular complexity index is 595. The number of methoxy groups -OCH3 is 1. The fourth-order valence-corrected chi connectivity index (χ4v) is 2.12. The van der Waals surface area contributed by atoms with Crippen LogP contribution in [-0.2, 0) is 12.0 Å². The van der Waals surface area contributed by atoms with Crippen LogP contribution in [0, 0.1) is 0 Å². The number of rotatable bonds is 5. The molecule has 0 radical (unpaired) electrons. The van der Waals surface area contributed by atoms with E-state index in [0.717, 1.165) is 11.3 Å². The van der Waals surface area contributed by atoms with Crippen LogP contribution in [0.1, 0.15) is 28.6 Å². The van der Waals surface area contributed by atoms with E-state index < -0.39 is 11.6 Å². The van der Waals surface area contributed by atoms with Gasteiger partial charge in [-0.2, -0.15) is 0 Å². The zero-order valence-corrected chi connectivity index (χ0v) is 11.3. The van der Waals surface area contributed by atoms with Crippen molar-refractivity contribution in [3.8, 4) is 5.75 Å². The highest BCUT2D eigenvalue weighted by Crippen LogP contribution is 2.29. The van der Waals surface area contributed by atoms with Crippen molar-refractivity contribution in [3.05, 3.63) is 53.5 Å². The lowest BCUT2D eigenvalue weighted by Gasteiger charge is -2.21. The summed E-state index contributed by atoms with van der Waals surface area (Å²) in [7, 11) is 1.58. The Morgan fingerprint density at radius 1 is 1.30 bits per heavy atom. The zero-order chi connectivity index (χ0) is 14.8. The van der Waals surface area contributed by atoms with Gasteiger partial charge in [-0.1, -0.05) is 12.1 Å². The van der Waals surface area contributed by atoms with Crippen LogP contribution in [0.2, 0.25) is 0 Å². The normalized spacial score (nSPS) is 13.8. The first-order valence-corrected chi connectivity index (χ1v) is 6.10. The van der Waals surface area contributed by atoms with Gasteiger partial charge in [0, 0.05) is 6.42 Å². The standard InChI is InChI=1S/C15H16O5/c1-15(18,13-12(14(16)17)7-8-20-13)9-10-3-5-11(19-2)6-4-10/h3-8,18H,9H2,1-2H3,(H,16,17). The Kier molecular flexibility index (Phi) is 3.81. The van der Waals surface area contributed by atoms with E-state index in [2.05, 4.69) is 0 Å². The first kappa shape index (κ1) is 14.1. The van der Waals surface area contributed by atoms with E-state index in [4.69, 9.17) is 14.3 Å². The van der Waals surface area contributed by atoms with Crippen LogP contribution < -0.4 is 4.74 Å². The highest BCUT2D eigenvalue weighted by Gasteiger charge is 2.32. The summed E-state index contributed by atoms with van der Waals surface area (Å²) in [6, 6.07) is 8.53. The van der Waals surface area contributed by atoms with Crippen molar-refractivity contribution in [1.82, 2.24) is 0 Å². The van der Waals surface area contributed by atoms with E-state index in [1.54, 1.807) is 19.2 Å². The SMILES string of the molecule is COc1ccc(CC(C)(O)c2occc2C(=O)O)cc1. The Balaban J connectivity index is 2.25. The molecule has 1 atom stereocenters. The highest BCUT2D eigenvalue weighted by molar-refractivity contribution is 5.89. The largest absolute Gasteiger partial charge is 0.497 e. The van der Waals surface area contributed by atoms with Crippen molar-refractivity contribution in [2.75, 3.05) is 7.11 Å². The van der Waals surface area contributed by atoms with Crippen molar-refractivity contribution in [2.24, 2.45) is 0 Å². The van der Waals surface area contributed by atoms with Crippen molar-refractivity contribution in [3.63, 3.8) is 0 Å². The molecule has 0 spiro atoms. The van der Waals surface area contributed by atoms with Gasteiger partial charge in [0.25, 0.3) is 0 Å². The molecule has 1 aromatic heterocycles. The van der Waals surface area contributed by atoms with Gasteiger partial charge in [-0.05, 0) is 30.7 Å². The number of benzene rings is 1. The minimum Gasteiger partial charge on any atom is -0.497 e. The Labute approximate surface area is 116 Å². The quantitative estimate of drug-likeness (QED) is 0.876. The summed E-state index contributed by atoms with van der Waals surface area (Å²) in [5.74, 6) is -0.345. The molecule has 20 heavy (non-hydrogen) atoms. The molecule has 2 rings (SSSR count). The zero-order valence-electron chi connectivity index (χ0n) is 11.3. The molecule has 1 heterocycles. The van der Waals surface area contributed by atoms with Gasteiger partial charge in [-0.25, -0.2) is 4.79 Å². The maximum Gasteiger partial charge on any atom is 0.339 e. The van der Waals surface area contributed by atoms with Crippen molar-refractivity contribution in [2.45, 2.75) is 18.9 Å². The number of furan rings is 1. The summed E-state index contributed by atoms with van der Waals surface area (Å²) in [6.07, 6.45) is 1.51. The fraction of sp³-hybridized carbons (Fsp3) is 0.267. The molecule has 1 unspecified atom stereocenters. The number of aromatic carboxylic acids is 1. The topological polar surface area (TPSA) is 79.9 Å². The average Bonchev–Trinajstić information content (AvgIpc) is 2.89. The van der Waals surface area contributed by atoms with E-state index >= 15 is 0 Å². The van der Waals surface area contributed by atoms with E-state index in [1.807, 2.05) is 12.1 Å². The lowest BCUT2D eigenvalue weighted by molar-refractivity contribution is 0.0311. The van der Waals surface area contributed by atoms with Crippen LogP contribution in [0.25, 0.3) is 0 Å². The van der Waals surface area contributed by atoms with Crippen molar-refractivity contribution in [1.29, 1.82) is 0 Å². The third kappa shape index (κ3) is 2.83. The van der Waals surface area contributed by atoms with Gasteiger partial charge in [0.15, 0.2) is 0 Å². The first-order valence-electron chi connectivity index (χ1n) is 6.10. The smallest absolute Gasteiger partial charge is 0.339 e. The second kappa shape index (κ2) is 5.38. The van der Waals surface area contributed by atoms with Gasteiger partial charge in [-0.3, -0.25) is 0 Å². The lowest BCUT2D eigenvalue weighted by atomic mass is 9.92. The molecular weight excluding hydrogens is 260 g/mol. The molecule has 0 saturated heterocycles. The lowest BCUT2D eigenvalue weighted by Crippen LogP contribution is -2.26. The number of aliphatic hydroxyl groups is 1. The van der Waals surface area contributed by atoms with Crippen LogP contribution in [0.15, 0.2) is 41.0 Å². The van der Waals surface area contributed by atoms with Gasteiger partial charge in [0.05, 0.1) is 13.4 Å². The van der Waals surface area contributed by atoms with E-state index in [0.29, 0.717) is 0 Å². The molecule has 0 aliphatic carbocycles. The van der Waals surface area contributed by atoms with E-state index in [9.17, 15) is 9.90 Å². The molecule has 2 aromatic rings. The van der Waals surface area contributed by atoms with Crippen molar-refractivity contribution >= 4 is 5.97 Å². The van der Waals surface area contributed by atoms with E-state index in [1.165, 1.54) is 19.3 Å². The number of hydrogen-bond donors (Lipinski definition) is 2. The minimum absolute atomic E-state index is 0.0245. The van der Waals surface area contributed by atoms with Gasteiger partial charge >= 0.3 is 5.97 Å². The number of carboxylic acids is 1. The second-order valence-corrected chi connectivity index (χ2v) is 4.77. The number of hydrogen-bond acceptors (Lipinski definition) is 4. The molecule has 0 fully saturated rings. The van der Waals surface area contributed by atoms with Gasteiger partial charge in [0.2, 0.25) is 0 Å². The summed E-state index contributed by atoms with van der Waals surface area (Å²) < 4.78 is 10.2. The first-order chi connectivity index (χ1) is 9.44. The predicted octanol–water partition coefficient (Wildman–Crippen LogP) is 2.44. The second-order valence-electron chi connectivity index (χ2n) is 4.77. The van der Waals surface area contributed by atoms with E-state index in [-0.39, 0.29) is 17.7 Å². The third-order valence-electron chi connectivity index (χ3n) is 3.09. The molecule has 5 heteroatoms. The summed E-state index contributed by atoms with van der Waals surface area (Å²) in [5.41, 5.74) is -0.571. The summed E-state index contributed by atoms with van der Waals surface area (Å²) in [6.45, 7) is 1.53. The molecule has 0 amide bonds. The summed E-state index contributed by atoms with van der Waals surface area (Å²) in [4.78, 5) is 11.1. The predicted molar refractivity (Wildman–Crippen MR) is 71.9 cm³/mol. The maximum atomic E-state index is 11.1. The molecule has 5 nitrogen and oxygen atoms in total. The molecule has 1 aromatic carbocycles. The van der Waals surface area contributed by atoms with Crippen LogP contribution in [0.3, 0.4) is 0 Å². The van der Waals surface area contributed by atoms with Crippen LogP contribution in [-0.4, -0.2) is 23.3 Å². The molecule has 0 bridgehead atoms.